The predicted octanol–water partition coefficient (Wildman–Crippen LogP) is 2.61. The molecule has 4 heteroatoms. The molecule has 1 saturated carbocycles. The second-order valence-electron chi connectivity index (χ2n) is 7.18. The van der Waals surface area contributed by atoms with Crippen molar-refractivity contribution in [1.82, 2.24) is 5.32 Å². The van der Waals surface area contributed by atoms with Crippen LogP contribution in [0, 0.1) is 17.8 Å². The predicted molar refractivity (Wildman–Crippen MR) is 80.9 cm³/mol. The quantitative estimate of drug-likeness (QED) is 0.753. The molecule has 3 N–H and O–H groups in total. The molecule has 0 aromatic carbocycles. The minimum Gasteiger partial charge on any atom is -0.369 e. The smallest absolute Gasteiger partial charge is 0.224 e. The van der Waals surface area contributed by atoms with Crippen LogP contribution in [-0.2, 0) is 9.59 Å². The number of carbonyl (C=O) groups is 2. The molecule has 1 unspecified atom stereocenters. The van der Waals surface area contributed by atoms with Crippen LogP contribution in [0.3, 0.4) is 0 Å². The lowest BCUT2D eigenvalue weighted by Crippen LogP contribution is -2.48. The first kappa shape index (κ1) is 17.0. The molecule has 4 nitrogen and oxygen atoms in total. The maximum Gasteiger partial charge on any atom is 0.224 e. The summed E-state index contributed by atoms with van der Waals surface area (Å²) in [6, 6.07) is 0. The summed E-state index contributed by atoms with van der Waals surface area (Å²) in [5, 5.41) is 3.02. The molecule has 1 aliphatic rings. The van der Waals surface area contributed by atoms with Gasteiger partial charge in [0.15, 0.2) is 0 Å². The van der Waals surface area contributed by atoms with E-state index in [1.807, 2.05) is 27.7 Å². The van der Waals surface area contributed by atoms with Gasteiger partial charge in [-0.05, 0) is 39.5 Å². The van der Waals surface area contributed by atoms with Gasteiger partial charge in [0.1, 0.15) is 0 Å². The second-order valence-corrected chi connectivity index (χ2v) is 7.18. The van der Waals surface area contributed by atoms with Gasteiger partial charge in [-0.25, -0.2) is 0 Å². The fourth-order valence-corrected chi connectivity index (χ4v) is 2.86. The molecule has 1 rings (SSSR count). The van der Waals surface area contributed by atoms with Gasteiger partial charge >= 0.3 is 0 Å². The molecule has 1 fully saturated rings. The van der Waals surface area contributed by atoms with E-state index in [1.54, 1.807) is 0 Å². The van der Waals surface area contributed by atoms with E-state index in [1.165, 1.54) is 19.3 Å². The number of primary amides is 1. The van der Waals surface area contributed by atoms with Gasteiger partial charge in [-0.3, -0.25) is 9.59 Å². The molecule has 0 bridgehead atoms. The monoisotopic (exact) mass is 282 g/mol. The highest BCUT2D eigenvalue weighted by molar-refractivity contribution is 5.87. The molecule has 0 spiro atoms. The van der Waals surface area contributed by atoms with Crippen molar-refractivity contribution in [3.8, 4) is 0 Å². The first-order valence-electron chi connectivity index (χ1n) is 7.86. The molecule has 1 aliphatic carbocycles. The molecule has 0 heterocycles. The van der Waals surface area contributed by atoms with Crippen molar-refractivity contribution in [2.24, 2.45) is 23.5 Å². The maximum absolute atomic E-state index is 12.5. The Morgan fingerprint density at radius 1 is 1.25 bits per heavy atom. The van der Waals surface area contributed by atoms with Gasteiger partial charge in [-0.1, -0.05) is 32.6 Å². The third-order valence-corrected chi connectivity index (χ3v) is 4.10. The van der Waals surface area contributed by atoms with Gasteiger partial charge < -0.3 is 11.1 Å². The number of hydrogen-bond acceptors (Lipinski definition) is 2. The van der Waals surface area contributed by atoms with Gasteiger partial charge in [-0.15, -0.1) is 0 Å². The summed E-state index contributed by atoms with van der Waals surface area (Å²) >= 11 is 0. The summed E-state index contributed by atoms with van der Waals surface area (Å²) < 4.78 is 0. The van der Waals surface area contributed by atoms with E-state index in [0.717, 1.165) is 12.8 Å². The fraction of sp³-hybridized carbons (Fsp3) is 0.875. The summed E-state index contributed by atoms with van der Waals surface area (Å²) in [6.07, 6.45) is 5.97. The van der Waals surface area contributed by atoms with Crippen molar-refractivity contribution < 1.29 is 9.59 Å². The standard InChI is InChI=1S/C16H30N2O2/c1-5-7-12(14(17)19)13(10-11-8-6-9-11)15(20)18-16(2,3)4/h11-13H,5-10H2,1-4H3,(H2,17,19)(H,18,20)/t12?,13-/m1/s1. The highest BCUT2D eigenvalue weighted by atomic mass is 16.2. The number of carbonyl (C=O) groups excluding carboxylic acids is 2. The first-order valence-corrected chi connectivity index (χ1v) is 7.86. The average Bonchev–Trinajstić information content (AvgIpc) is 2.22. The highest BCUT2D eigenvalue weighted by Gasteiger charge is 2.36. The van der Waals surface area contributed by atoms with E-state index in [0.29, 0.717) is 12.3 Å². The fourth-order valence-electron chi connectivity index (χ4n) is 2.86. The SMILES string of the molecule is CCCC(C(N)=O)[C@@H](CC1CCC1)C(=O)NC(C)(C)C. The second kappa shape index (κ2) is 7.09. The van der Waals surface area contributed by atoms with Gasteiger partial charge in [0, 0.05) is 17.4 Å². The first-order chi connectivity index (χ1) is 9.24. The summed E-state index contributed by atoms with van der Waals surface area (Å²) in [4.78, 5) is 24.3. The third-order valence-electron chi connectivity index (χ3n) is 4.10. The Morgan fingerprint density at radius 2 is 1.85 bits per heavy atom. The number of nitrogens with two attached hydrogens (primary N) is 1. The van der Waals surface area contributed by atoms with Crippen molar-refractivity contribution in [2.75, 3.05) is 0 Å². The topological polar surface area (TPSA) is 72.2 Å². The highest BCUT2D eigenvalue weighted by Crippen LogP contribution is 2.36. The molecule has 0 saturated heterocycles. The van der Waals surface area contributed by atoms with Crippen LogP contribution in [0.4, 0.5) is 0 Å². The number of nitrogens with one attached hydrogen (secondary N) is 1. The maximum atomic E-state index is 12.5. The van der Waals surface area contributed by atoms with Crippen LogP contribution in [0.5, 0.6) is 0 Å². The number of rotatable bonds is 7. The van der Waals surface area contributed by atoms with E-state index in [4.69, 9.17) is 5.73 Å². The lowest BCUT2D eigenvalue weighted by molar-refractivity contribution is -0.135. The van der Waals surface area contributed by atoms with Crippen molar-refractivity contribution >= 4 is 11.8 Å². The summed E-state index contributed by atoms with van der Waals surface area (Å²) in [5.41, 5.74) is 5.27. The molecular formula is C16H30N2O2. The zero-order valence-corrected chi connectivity index (χ0v) is 13.4. The molecule has 0 aromatic heterocycles. The Bertz CT molecular complexity index is 343. The molecule has 2 amide bonds. The molecule has 2 atom stereocenters. The van der Waals surface area contributed by atoms with Crippen LogP contribution in [0.25, 0.3) is 0 Å². The molecule has 0 radical (unpaired) electrons. The van der Waals surface area contributed by atoms with Crippen LogP contribution in [-0.4, -0.2) is 17.4 Å². The van der Waals surface area contributed by atoms with Crippen LogP contribution in [0.2, 0.25) is 0 Å². The van der Waals surface area contributed by atoms with Gasteiger partial charge in [0.2, 0.25) is 11.8 Å². The zero-order valence-electron chi connectivity index (χ0n) is 13.4. The summed E-state index contributed by atoms with van der Waals surface area (Å²) in [7, 11) is 0. The molecule has 0 aromatic rings. The molecular weight excluding hydrogens is 252 g/mol. The third kappa shape index (κ3) is 5.14. The van der Waals surface area contributed by atoms with Gasteiger partial charge in [0.25, 0.3) is 0 Å². The lowest BCUT2D eigenvalue weighted by Gasteiger charge is -2.34. The Kier molecular flexibility index (Phi) is 6.03. The lowest BCUT2D eigenvalue weighted by atomic mass is 9.73. The van der Waals surface area contributed by atoms with E-state index >= 15 is 0 Å². The Morgan fingerprint density at radius 3 is 2.20 bits per heavy atom. The van der Waals surface area contributed by atoms with Crippen LogP contribution in [0.1, 0.15) is 66.2 Å². The Balaban J connectivity index is 2.81. The zero-order chi connectivity index (χ0) is 15.3. The van der Waals surface area contributed by atoms with Gasteiger partial charge in [-0.2, -0.15) is 0 Å². The molecule has 116 valence electrons. The minimum atomic E-state index is -0.333. The summed E-state index contributed by atoms with van der Waals surface area (Å²) in [6.45, 7) is 7.91. The molecule has 0 aliphatic heterocycles. The van der Waals surface area contributed by atoms with Crippen molar-refractivity contribution in [2.45, 2.75) is 71.8 Å². The average molecular weight is 282 g/mol. The Hall–Kier alpha value is -1.06. The number of amides is 2. The van der Waals surface area contributed by atoms with E-state index < -0.39 is 0 Å². The van der Waals surface area contributed by atoms with Crippen LogP contribution in [0.15, 0.2) is 0 Å². The van der Waals surface area contributed by atoms with Crippen molar-refractivity contribution in [3.63, 3.8) is 0 Å². The van der Waals surface area contributed by atoms with E-state index in [2.05, 4.69) is 5.32 Å². The largest absolute Gasteiger partial charge is 0.369 e. The van der Waals surface area contributed by atoms with E-state index in [-0.39, 0.29) is 29.2 Å². The van der Waals surface area contributed by atoms with Crippen LogP contribution >= 0.6 is 0 Å². The molecule has 20 heavy (non-hydrogen) atoms. The van der Waals surface area contributed by atoms with Crippen LogP contribution < -0.4 is 11.1 Å². The van der Waals surface area contributed by atoms with Crippen molar-refractivity contribution in [3.05, 3.63) is 0 Å². The Labute approximate surface area is 122 Å². The van der Waals surface area contributed by atoms with Crippen molar-refractivity contribution in [1.29, 1.82) is 0 Å². The van der Waals surface area contributed by atoms with E-state index in [9.17, 15) is 9.59 Å². The number of hydrogen-bond donors (Lipinski definition) is 2. The summed E-state index contributed by atoms with van der Waals surface area (Å²) in [5.74, 6) is -0.355. The normalized spacial score (nSPS) is 19.0. The van der Waals surface area contributed by atoms with Gasteiger partial charge in [0.05, 0.1) is 0 Å². The minimum absolute atomic E-state index is 0.0124.